The van der Waals surface area contributed by atoms with Gasteiger partial charge in [-0.1, -0.05) is 0 Å². The smallest absolute Gasteiger partial charge is 0.0701 e. The van der Waals surface area contributed by atoms with Gasteiger partial charge in [0.25, 0.3) is 0 Å². The second kappa shape index (κ2) is 18.8. The quantitative estimate of drug-likeness (QED) is 0.379. The molecule has 0 aliphatic heterocycles. The van der Waals surface area contributed by atoms with Crippen molar-refractivity contribution in [1.29, 1.82) is 0 Å². The average molecular weight is 290 g/mol. The van der Waals surface area contributed by atoms with Crippen LogP contribution in [0.5, 0.6) is 0 Å². The summed E-state index contributed by atoms with van der Waals surface area (Å²) in [5, 5.41) is 0. The lowest BCUT2D eigenvalue weighted by Gasteiger charge is -2.06. The molecule has 0 radical (unpaired) electrons. The molecule has 106 valence electrons. The van der Waals surface area contributed by atoms with Gasteiger partial charge in [0.2, 0.25) is 0 Å². The molecule has 5 nitrogen and oxygen atoms in total. The van der Waals surface area contributed by atoms with Crippen LogP contribution in [0.4, 0.5) is 0 Å². The van der Waals surface area contributed by atoms with Gasteiger partial charge >= 0.3 is 0 Å². The first-order valence-electron chi connectivity index (χ1n) is 5.53. The highest BCUT2D eigenvalue weighted by Gasteiger charge is 1.91. The summed E-state index contributed by atoms with van der Waals surface area (Å²) in [5.74, 6) is 0.742. The predicted octanol–water partition coefficient (Wildman–Crippen LogP) is 0.363. The van der Waals surface area contributed by atoms with Crippen LogP contribution in [0.25, 0.3) is 0 Å². The van der Waals surface area contributed by atoms with Crippen molar-refractivity contribution in [2.45, 2.75) is 0 Å². The van der Waals surface area contributed by atoms with Crippen LogP contribution in [0, 0.1) is 0 Å². The van der Waals surface area contributed by atoms with Gasteiger partial charge < -0.3 is 24.7 Å². The average Bonchev–Trinajstić information content (AvgIpc) is 2.31. The largest absolute Gasteiger partial charge is 0.378 e. The van der Waals surface area contributed by atoms with E-state index in [4.69, 9.17) is 24.7 Å². The van der Waals surface area contributed by atoms with Crippen molar-refractivity contribution in [2.24, 2.45) is 5.73 Å². The summed E-state index contributed by atoms with van der Waals surface area (Å²) < 4.78 is 20.9. The van der Waals surface area contributed by atoms with E-state index in [1.807, 2.05) is 0 Å². The number of rotatable bonds is 13. The van der Waals surface area contributed by atoms with E-state index in [2.05, 4.69) is 12.6 Å². The third-order valence-electron chi connectivity index (χ3n) is 1.61. The van der Waals surface area contributed by atoms with Gasteiger partial charge in [-0.3, -0.25) is 0 Å². The molecule has 0 aromatic carbocycles. The molecule has 0 saturated heterocycles. The van der Waals surface area contributed by atoms with E-state index in [9.17, 15) is 0 Å². The fraction of sp³-hybridized carbons (Fsp3) is 1.00. The molecule has 0 aliphatic rings. The number of hydrogen-bond acceptors (Lipinski definition) is 6. The highest BCUT2D eigenvalue weighted by molar-refractivity contribution is 7.80. The molecular weight excluding hydrogens is 266 g/mol. The van der Waals surface area contributed by atoms with Crippen LogP contribution >= 0.6 is 25.0 Å². The van der Waals surface area contributed by atoms with Crippen molar-refractivity contribution in [3.05, 3.63) is 0 Å². The Bertz CT molecular complexity index is 121. The molecule has 0 aromatic rings. The lowest BCUT2D eigenvalue weighted by molar-refractivity contribution is 0.000658. The Morgan fingerprint density at radius 2 is 1.00 bits per heavy atom. The van der Waals surface area contributed by atoms with Gasteiger partial charge in [-0.2, -0.15) is 12.6 Å². The molecule has 17 heavy (non-hydrogen) atoms. The normalized spacial score (nSPS) is 10.2. The summed E-state index contributed by atoms with van der Waals surface area (Å²) in [6.07, 6.45) is 0. The minimum absolute atomic E-state index is 0. The Morgan fingerprint density at radius 3 is 1.35 bits per heavy atom. The molecule has 0 atom stereocenters. The second-order valence-corrected chi connectivity index (χ2v) is 3.41. The van der Waals surface area contributed by atoms with Crippen LogP contribution in [0.15, 0.2) is 0 Å². The van der Waals surface area contributed by atoms with Crippen LogP contribution in [-0.2, 0) is 18.9 Å². The number of hydrogen-bond donors (Lipinski definition) is 2. The lowest BCUT2D eigenvalue weighted by Crippen LogP contribution is -2.14. The van der Waals surface area contributed by atoms with Gasteiger partial charge in [-0.25, -0.2) is 0 Å². The Labute approximate surface area is 115 Å². The van der Waals surface area contributed by atoms with Gasteiger partial charge in [0.1, 0.15) is 0 Å². The lowest BCUT2D eigenvalue weighted by atomic mass is 10.7. The first-order valence-corrected chi connectivity index (χ1v) is 6.17. The Kier molecular flexibility index (Phi) is 21.9. The highest BCUT2D eigenvalue weighted by Crippen LogP contribution is 1.83. The molecule has 2 N–H and O–H groups in total. The highest BCUT2D eigenvalue weighted by atomic mass is 35.5. The van der Waals surface area contributed by atoms with E-state index in [1.54, 1.807) is 0 Å². The summed E-state index contributed by atoms with van der Waals surface area (Å²) in [4.78, 5) is 0. The van der Waals surface area contributed by atoms with Gasteiger partial charge in [0.05, 0.1) is 52.9 Å². The maximum atomic E-state index is 5.27. The van der Waals surface area contributed by atoms with Crippen molar-refractivity contribution in [1.82, 2.24) is 0 Å². The zero-order valence-electron chi connectivity index (χ0n) is 10.1. The first kappa shape index (κ1) is 19.8. The number of ether oxygens (including phenoxy) is 4. The van der Waals surface area contributed by atoms with Crippen molar-refractivity contribution in [2.75, 3.05) is 65.2 Å². The van der Waals surface area contributed by atoms with Crippen LogP contribution in [0.2, 0.25) is 0 Å². The fourth-order valence-electron chi connectivity index (χ4n) is 0.910. The van der Waals surface area contributed by atoms with Crippen LogP contribution in [-0.4, -0.2) is 65.2 Å². The van der Waals surface area contributed by atoms with Crippen molar-refractivity contribution in [3.63, 3.8) is 0 Å². The Balaban J connectivity index is 0. The molecule has 0 amide bonds. The van der Waals surface area contributed by atoms with Crippen molar-refractivity contribution in [3.8, 4) is 0 Å². The van der Waals surface area contributed by atoms with E-state index in [1.165, 1.54) is 0 Å². The fourth-order valence-corrected chi connectivity index (χ4v) is 1.04. The molecule has 7 heteroatoms. The summed E-state index contributed by atoms with van der Waals surface area (Å²) >= 11 is 4.02. The van der Waals surface area contributed by atoms with Gasteiger partial charge in [0.15, 0.2) is 0 Å². The maximum Gasteiger partial charge on any atom is 0.0701 e. The molecule has 0 fully saturated rings. The topological polar surface area (TPSA) is 62.9 Å². The Hall–Kier alpha value is 0.440. The first-order chi connectivity index (χ1) is 7.91. The number of nitrogens with two attached hydrogens (primary N) is 1. The molecule has 0 aliphatic carbocycles. The van der Waals surface area contributed by atoms with Crippen molar-refractivity contribution >= 4 is 25.0 Å². The van der Waals surface area contributed by atoms with Gasteiger partial charge in [-0.15, -0.1) is 12.4 Å². The molecule has 0 rings (SSSR count). The van der Waals surface area contributed by atoms with E-state index >= 15 is 0 Å². The number of halogens is 1. The van der Waals surface area contributed by atoms with Crippen LogP contribution < -0.4 is 5.73 Å². The summed E-state index contributed by atoms with van der Waals surface area (Å²) in [6, 6.07) is 0. The molecular formula is C10H24ClNO4S. The van der Waals surface area contributed by atoms with E-state index in [-0.39, 0.29) is 12.4 Å². The minimum atomic E-state index is 0. The van der Waals surface area contributed by atoms with Crippen molar-refractivity contribution < 1.29 is 18.9 Å². The summed E-state index contributed by atoms with van der Waals surface area (Å²) in [7, 11) is 0. The zero-order valence-corrected chi connectivity index (χ0v) is 11.8. The Morgan fingerprint density at radius 1 is 0.647 bits per heavy atom. The molecule has 0 spiro atoms. The summed E-state index contributed by atoms with van der Waals surface area (Å²) in [6.45, 7) is 5.35. The maximum absolute atomic E-state index is 5.27. The zero-order chi connectivity index (χ0) is 11.9. The van der Waals surface area contributed by atoms with E-state index in [0.29, 0.717) is 59.4 Å². The second-order valence-electron chi connectivity index (χ2n) is 2.96. The molecule has 0 saturated carbocycles. The summed E-state index contributed by atoms with van der Waals surface area (Å²) in [5.41, 5.74) is 5.26. The molecule has 0 aromatic heterocycles. The SMILES string of the molecule is Cl.NCCOCCOCCOCCOCCS. The number of thiol groups is 1. The van der Waals surface area contributed by atoms with E-state index < -0.39 is 0 Å². The predicted molar refractivity (Wildman–Crippen MR) is 73.4 cm³/mol. The minimum Gasteiger partial charge on any atom is -0.378 e. The molecule has 0 bridgehead atoms. The van der Waals surface area contributed by atoms with Crippen LogP contribution in [0.1, 0.15) is 0 Å². The third-order valence-corrected chi connectivity index (χ3v) is 1.80. The molecule has 0 unspecified atom stereocenters. The van der Waals surface area contributed by atoms with Crippen LogP contribution in [0.3, 0.4) is 0 Å². The monoisotopic (exact) mass is 289 g/mol. The van der Waals surface area contributed by atoms with E-state index in [0.717, 1.165) is 5.75 Å². The standard InChI is InChI=1S/C10H23NO4S.ClH/c11-1-2-12-3-4-13-5-6-14-7-8-15-9-10-16;/h16H,1-11H2;1H. The third kappa shape index (κ3) is 19.0. The van der Waals surface area contributed by atoms with Gasteiger partial charge in [0, 0.05) is 12.3 Å². The van der Waals surface area contributed by atoms with Gasteiger partial charge in [-0.05, 0) is 0 Å². The molecule has 0 heterocycles.